The quantitative estimate of drug-likeness (QED) is 0.749. The van der Waals surface area contributed by atoms with Crippen molar-refractivity contribution < 1.29 is 4.79 Å². The van der Waals surface area contributed by atoms with Crippen molar-refractivity contribution in [3.8, 4) is 0 Å². The van der Waals surface area contributed by atoms with Crippen LogP contribution in [0.4, 0.5) is 0 Å². The van der Waals surface area contributed by atoms with Crippen LogP contribution in [0.2, 0.25) is 0 Å². The van der Waals surface area contributed by atoms with Gasteiger partial charge in [-0.1, -0.05) is 0 Å². The molecule has 0 aliphatic heterocycles. The highest BCUT2D eigenvalue weighted by Crippen LogP contribution is 2.32. The SMILES string of the molecule is Cc1cc2c(s1)c1cnn(CC(N)=O)c(=O)c1n2C. The van der Waals surface area contributed by atoms with E-state index in [4.69, 9.17) is 5.73 Å². The first-order valence-electron chi connectivity index (χ1n) is 5.72. The second kappa shape index (κ2) is 3.92. The number of carbonyl (C=O) groups excluding carboxylic acids is 1. The molecule has 0 aliphatic carbocycles. The summed E-state index contributed by atoms with van der Waals surface area (Å²) in [5, 5.41) is 4.84. The number of nitrogens with two attached hydrogens (primary N) is 1. The molecule has 0 atom stereocenters. The van der Waals surface area contributed by atoms with Crippen LogP contribution in [0.15, 0.2) is 17.1 Å². The number of nitrogens with zero attached hydrogens (tertiary/aromatic N) is 3. The summed E-state index contributed by atoms with van der Waals surface area (Å²) < 4.78 is 3.99. The van der Waals surface area contributed by atoms with Gasteiger partial charge in [-0.15, -0.1) is 11.3 Å². The van der Waals surface area contributed by atoms with Gasteiger partial charge in [0.2, 0.25) is 5.91 Å². The van der Waals surface area contributed by atoms with E-state index in [-0.39, 0.29) is 12.1 Å². The fourth-order valence-electron chi connectivity index (χ4n) is 2.29. The topological polar surface area (TPSA) is 82.9 Å². The minimum atomic E-state index is -0.583. The highest BCUT2D eigenvalue weighted by atomic mass is 32.1. The molecule has 2 N–H and O–H groups in total. The Morgan fingerprint density at radius 1 is 1.53 bits per heavy atom. The minimum absolute atomic E-state index is 0.202. The molecule has 0 unspecified atom stereocenters. The van der Waals surface area contributed by atoms with Crippen molar-refractivity contribution in [2.24, 2.45) is 12.8 Å². The van der Waals surface area contributed by atoms with Crippen molar-refractivity contribution >= 4 is 38.4 Å². The highest BCUT2D eigenvalue weighted by Gasteiger charge is 2.16. The molecule has 6 nitrogen and oxygen atoms in total. The van der Waals surface area contributed by atoms with Crippen molar-refractivity contribution in [2.45, 2.75) is 13.5 Å². The molecule has 0 fully saturated rings. The van der Waals surface area contributed by atoms with Crippen LogP contribution in [0.5, 0.6) is 0 Å². The number of carbonyl (C=O) groups is 1. The predicted molar refractivity (Wildman–Crippen MR) is 74.3 cm³/mol. The van der Waals surface area contributed by atoms with Crippen LogP contribution < -0.4 is 11.3 Å². The number of primary amides is 1. The third kappa shape index (κ3) is 1.66. The maximum atomic E-state index is 12.3. The lowest BCUT2D eigenvalue weighted by Gasteiger charge is -2.02. The smallest absolute Gasteiger partial charge is 0.291 e. The number of thiophene rings is 1. The Labute approximate surface area is 112 Å². The molecule has 98 valence electrons. The number of rotatable bonds is 2. The second-order valence-electron chi connectivity index (χ2n) is 4.47. The summed E-state index contributed by atoms with van der Waals surface area (Å²) in [5.41, 5.74) is 6.38. The monoisotopic (exact) mass is 276 g/mol. The summed E-state index contributed by atoms with van der Waals surface area (Å²) in [7, 11) is 1.84. The molecule has 0 saturated carbocycles. The van der Waals surface area contributed by atoms with Crippen LogP contribution in [-0.4, -0.2) is 20.3 Å². The van der Waals surface area contributed by atoms with Crippen LogP contribution in [0.1, 0.15) is 4.88 Å². The lowest BCUT2D eigenvalue weighted by atomic mass is 10.3. The molecule has 1 amide bonds. The lowest BCUT2D eigenvalue weighted by Crippen LogP contribution is -2.30. The fourth-order valence-corrected chi connectivity index (χ4v) is 3.34. The predicted octanol–water partition coefficient (Wildman–Crippen LogP) is 0.743. The van der Waals surface area contributed by atoms with Crippen LogP contribution in [0, 0.1) is 6.92 Å². The molecule has 3 rings (SSSR count). The van der Waals surface area contributed by atoms with Crippen molar-refractivity contribution in [3.05, 3.63) is 27.5 Å². The molecule has 3 aromatic rings. The molecule has 0 bridgehead atoms. The summed E-state index contributed by atoms with van der Waals surface area (Å²) in [4.78, 5) is 24.4. The van der Waals surface area contributed by atoms with Crippen molar-refractivity contribution in [2.75, 3.05) is 0 Å². The van der Waals surface area contributed by atoms with Gasteiger partial charge in [0.1, 0.15) is 12.1 Å². The van der Waals surface area contributed by atoms with E-state index >= 15 is 0 Å². The molecule has 0 aromatic carbocycles. The van der Waals surface area contributed by atoms with Gasteiger partial charge in [0.25, 0.3) is 5.56 Å². The Kier molecular flexibility index (Phi) is 2.46. The summed E-state index contributed by atoms with van der Waals surface area (Å²) in [5.74, 6) is -0.583. The van der Waals surface area contributed by atoms with E-state index in [0.29, 0.717) is 5.52 Å². The first-order chi connectivity index (χ1) is 8.99. The summed E-state index contributed by atoms with van der Waals surface area (Å²) in [6.07, 6.45) is 1.62. The molecule has 0 aliphatic rings. The maximum Gasteiger partial charge on any atom is 0.291 e. The van der Waals surface area contributed by atoms with E-state index < -0.39 is 5.91 Å². The van der Waals surface area contributed by atoms with Gasteiger partial charge in [-0.3, -0.25) is 9.59 Å². The number of aromatic nitrogens is 3. The summed E-state index contributed by atoms with van der Waals surface area (Å²) >= 11 is 1.63. The van der Waals surface area contributed by atoms with Gasteiger partial charge in [-0.25, -0.2) is 4.68 Å². The molecular weight excluding hydrogens is 264 g/mol. The van der Waals surface area contributed by atoms with E-state index in [0.717, 1.165) is 20.3 Å². The van der Waals surface area contributed by atoms with Gasteiger partial charge in [-0.2, -0.15) is 5.10 Å². The summed E-state index contributed by atoms with van der Waals surface area (Å²) in [6.45, 7) is 1.82. The van der Waals surface area contributed by atoms with Gasteiger partial charge < -0.3 is 10.3 Å². The molecule has 7 heteroatoms. The van der Waals surface area contributed by atoms with E-state index in [1.807, 2.05) is 24.6 Å². The standard InChI is InChI=1S/C12H12N4O2S/c1-6-3-8-11(19-6)7-4-14-16(5-9(13)17)12(18)10(7)15(8)2/h3-4H,5H2,1-2H3,(H2,13,17). The van der Waals surface area contributed by atoms with Crippen LogP contribution in [0.25, 0.3) is 21.1 Å². The van der Waals surface area contributed by atoms with Crippen molar-refractivity contribution in [1.82, 2.24) is 14.3 Å². The Morgan fingerprint density at radius 2 is 2.26 bits per heavy atom. The zero-order valence-electron chi connectivity index (χ0n) is 10.5. The normalized spacial score (nSPS) is 11.5. The van der Waals surface area contributed by atoms with Crippen molar-refractivity contribution in [3.63, 3.8) is 0 Å². The zero-order valence-corrected chi connectivity index (χ0v) is 11.3. The first kappa shape index (κ1) is 11.9. The molecule has 0 spiro atoms. The number of amides is 1. The highest BCUT2D eigenvalue weighted by molar-refractivity contribution is 7.20. The third-order valence-corrected chi connectivity index (χ3v) is 4.17. The van der Waals surface area contributed by atoms with E-state index in [1.54, 1.807) is 17.5 Å². The van der Waals surface area contributed by atoms with Gasteiger partial charge in [0.05, 0.1) is 16.4 Å². The Hall–Kier alpha value is -2.15. The molecule has 3 heterocycles. The summed E-state index contributed by atoms with van der Waals surface area (Å²) in [6, 6.07) is 2.04. The van der Waals surface area contributed by atoms with Gasteiger partial charge >= 0.3 is 0 Å². The van der Waals surface area contributed by atoms with E-state index in [1.165, 1.54) is 4.88 Å². The fraction of sp³-hybridized carbons (Fsp3) is 0.250. The van der Waals surface area contributed by atoms with Gasteiger partial charge in [-0.05, 0) is 13.0 Å². The largest absolute Gasteiger partial charge is 0.368 e. The first-order valence-corrected chi connectivity index (χ1v) is 6.53. The van der Waals surface area contributed by atoms with Crippen molar-refractivity contribution in [1.29, 1.82) is 0 Å². The molecule has 0 saturated heterocycles. The van der Waals surface area contributed by atoms with E-state index in [9.17, 15) is 9.59 Å². The minimum Gasteiger partial charge on any atom is -0.368 e. The number of fused-ring (bicyclic) bond motifs is 3. The van der Waals surface area contributed by atoms with E-state index in [2.05, 4.69) is 5.10 Å². The zero-order chi connectivity index (χ0) is 13.7. The van der Waals surface area contributed by atoms with Crippen LogP contribution in [-0.2, 0) is 18.4 Å². The van der Waals surface area contributed by atoms with Crippen LogP contribution >= 0.6 is 11.3 Å². The number of hydrogen-bond acceptors (Lipinski definition) is 4. The molecule has 19 heavy (non-hydrogen) atoms. The second-order valence-corrected chi connectivity index (χ2v) is 5.72. The number of aryl methyl sites for hydroxylation is 2. The molecule has 3 aromatic heterocycles. The van der Waals surface area contributed by atoms with Gasteiger partial charge in [0, 0.05) is 17.3 Å². The maximum absolute atomic E-state index is 12.3. The molecule has 0 radical (unpaired) electrons. The van der Waals surface area contributed by atoms with Crippen LogP contribution in [0.3, 0.4) is 0 Å². The number of hydrogen-bond donors (Lipinski definition) is 1. The van der Waals surface area contributed by atoms with Gasteiger partial charge in [0.15, 0.2) is 0 Å². The average molecular weight is 276 g/mol. The molecular formula is C12H12N4O2S. The average Bonchev–Trinajstić information content (AvgIpc) is 2.81. The Balaban J connectivity index is 2.40. The third-order valence-electron chi connectivity index (χ3n) is 3.10. The Morgan fingerprint density at radius 3 is 2.95 bits per heavy atom. The lowest BCUT2D eigenvalue weighted by molar-refractivity contribution is -0.118. The Bertz CT molecular complexity index is 871.